The number of ether oxygens (including phenoxy) is 3. The van der Waals surface area contributed by atoms with E-state index in [2.05, 4.69) is 25.2 Å². The average Bonchev–Trinajstić information content (AvgIpc) is 2.36. The maximum Gasteiger partial charge on any atom is 0.203 e. The highest BCUT2D eigenvalue weighted by Crippen LogP contribution is 2.39. The van der Waals surface area contributed by atoms with Crippen molar-refractivity contribution in [2.75, 3.05) is 33.2 Å². The molecule has 0 saturated heterocycles. The molecule has 0 spiro atoms. The van der Waals surface area contributed by atoms with E-state index in [1.807, 2.05) is 12.1 Å². The normalized spacial score (nSPS) is 9.61. The molecule has 0 atom stereocenters. The van der Waals surface area contributed by atoms with Crippen LogP contribution in [0.4, 0.5) is 5.69 Å². The van der Waals surface area contributed by atoms with Crippen LogP contribution in [0.1, 0.15) is 13.8 Å². The van der Waals surface area contributed by atoms with Gasteiger partial charge in [0.25, 0.3) is 0 Å². The van der Waals surface area contributed by atoms with E-state index in [9.17, 15) is 0 Å². The summed E-state index contributed by atoms with van der Waals surface area (Å²) in [5, 5.41) is 3.28. The third-order valence-electron chi connectivity index (χ3n) is 2.48. The van der Waals surface area contributed by atoms with Crippen LogP contribution in [0.5, 0.6) is 17.2 Å². The van der Waals surface area contributed by atoms with E-state index in [4.69, 9.17) is 14.2 Å². The van der Waals surface area contributed by atoms with Gasteiger partial charge in [0.2, 0.25) is 5.75 Å². The lowest BCUT2D eigenvalue weighted by Crippen LogP contribution is -2.01. The fourth-order valence-electron chi connectivity index (χ4n) is 1.56. The number of benzene rings is 1. The van der Waals surface area contributed by atoms with Gasteiger partial charge in [0.1, 0.15) is 0 Å². The summed E-state index contributed by atoms with van der Waals surface area (Å²) >= 11 is 0. The zero-order valence-corrected chi connectivity index (χ0v) is 11.7. The van der Waals surface area contributed by atoms with Crippen LogP contribution in [0.3, 0.4) is 0 Å². The second kappa shape index (κ2) is 6.79. The molecular formula is C14H21NO3. The Labute approximate surface area is 109 Å². The Morgan fingerprint density at radius 2 is 1.61 bits per heavy atom. The standard InChI is InChI=1S/C14H21NO3/c1-10(2)6-7-15-11-8-12(16-3)14(18-5)13(9-11)17-4/h6,8-9,15H,7H2,1-5H3. The summed E-state index contributed by atoms with van der Waals surface area (Å²) in [6.45, 7) is 4.90. The quantitative estimate of drug-likeness (QED) is 0.789. The van der Waals surface area contributed by atoms with Crippen molar-refractivity contribution in [3.05, 3.63) is 23.8 Å². The SMILES string of the molecule is COc1cc(NCC=C(C)C)cc(OC)c1OC. The van der Waals surface area contributed by atoms with E-state index in [0.29, 0.717) is 17.2 Å². The number of hydrogen-bond donors (Lipinski definition) is 1. The fourth-order valence-corrected chi connectivity index (χ4v) is 1.56. The number of methoxy groups -OCH3 is 3. The van der Waals surface area contributed by atoms with E-state index in [1.165, 1.54) is 5.57 Å². The number of anilines is 1. The highest BCUT2D eigenvalue weighted by Gasteiger charge is 2.12. The molecule has 100 valence electrons. The van der Waals surface area contributed by atoms with Gasteiger partial charge in [0, 0.05) is 24.4 Å². The lowest BCUT2D eigenvalue weighted by molar-refractivity contribution is 0.324. The predicted molar refractivity (Wildman–Crippen MR) is 74.0 cm³/mol. The third-order valence-corrected chi connectivity index (χ3v) is 2.48. The molecule has 0 saturated carbocycles. The van der Waals surface area contributed by atoms with Crippen LogP contribution in [0, 0.1) is 0 Å². The molecule has 4 nitrogen and oxygen atoms in total. The second-order valence-electron chi connectivity index (χ2n) is 4.08. The van der Waals surface area contributed by atoms with E-state index >= 15 is 0 Å². The van der Waals surface area contributed by atoms with Crippen LogP contribution < -0.4 is 19.5 Å². The maximum absolute atomic E-state index is 5.29. The Hall–Kier alpha value is -1.84. The van der Waals surface area contributed by atoms with Crippen LogP contribution in [-0.2, 0) is 0 Å². The number of rotatable bonds is 6. The second-order valence-corrected chi connectivity index (χ2v) is 4.08. The van der Waals surface area contributed by atoms with E-state index in [1.54, 1.807) is 21.3 Å². The van der Waals surface area contributed by atoms with Crippen LogP contribution >= 0.6 is 0 Å². The first-order valence-electron chi connectivity index (χ1n) is 5.79. The Bertz CT molecular complexity index is 398. The van der Waals surface area contributed by atoms with E-state index < -0.39 is 0 Å². The average molecular weight is 251 g/mol. The van der Waals surface area contributed by atoms with Gasteiger partial charge in [-0.25, -0.2) is 0 Å². The van der Waals surface area contributed by atoms with Crippen LogP contribution in [0.2, 0.25) is 0 Å². The van der Waals surface area contributed by atoms with Gasteiger partial charge in [0.05, 0.1) is 21.3 Å². The first kappa shape index (κ1) is 14.2. The summed E-state index contributed by atoms with van der Waals surface area (Å²) < 4.78 is 15.8. The molecular weight excluding hydrogens is 230 g/mol. The molecule has 0 aliphatic carbocycles. The maximum atomic E-state index is 5.29. The molecule has 0 radical (unpaired) electrons. The molecule has 4 heteroatoms. The summed E-state index contributed by atoms with van der Waals surface area (Å²) in [7, 11) is 4.81. The molecule has 0 aliphatic rings. The molecule has 18 heavy (non-hydrogen) atoms. The molecule has 1 aromatic carbocycles. The third kappa shape index (κ3) is 3.58. The minimum atomic E-state index is 0.604. The van der Waals surface area contributed by atoms with E-state index in [-0.39, 0.29) is 0 Å². The first-order valence-corrected chi connectivity index (χ1v) is 5.79. The van der Waals surface area contributed by atoms with Crippen molar-refractivity contribution in [1.82, 2.24) is 0 Å². The number of hydrogen-bond acceptors (Lipinski definition) is 4. The summed E-state index contributed by atoms with van der Waals surface area (Å²) in [6.07, 6.45) is 2.11. The topological polar surface area (TPSA) is 39.7 Å². The van der Waals surface area contributed by atoms with Crippen LogP contribution in [0.15, 0.2) is 23.8 Å². The van der Waals surface area contributed by atoms with Gasteiger partial charge in [-0.2, -0.15) is 0 Å². The lowest BCUT2D eigenvalue weighted by Gasteiger charge is -2.14. The van der Waals surface area contributed by atoms with Gasteiger partial charge in [0.15, 0.2) is 11.5 Å². The fraction of sp³-hybridized carbons (Fsp3) is 0.429. The molecule has 1 rings (SSSR count). The van der Waals surface area contributed by atoms with Crippen molar-refractivity contribution in [3.63, 3.8) is 0 Å². The molecule has 0 heterocycles. The molecule has 0 unspecified atom stereocenters. The Balaban J connectivity index is 2.96. The summed E-state index contributed by atoms with van der Waals surface area (Å²) in [5.41, 5.74) is 2.21. The van der Waals surface area contributed by atoms with Gasteiger partial charge in [-0.05, 0) is 13.8 Å². The first-order chi connectivity index (χ1) is 8.62. The van der Waals surface area contributed by atoms with Crippen molar-refractivity contribution >= 4 is 5.69 Å². The largest absolute Gasteiger partial charge is 0.493 e. The van der Waals surface area contributed by atoms with Crippen LogP contribution in [0.25, 0.3) is 0 Å². The Morgan fingerprint density at radius 1 is 1.06 bits per heavy atom. The molecule has 0 bridgehead atoms. The molecule has 0 aliphatic heterocycles. The van der Waals surface area contributed by atoms with Crippen LogP contribution in [-0.4, -0.2) is 27.9 Å². The van der Waals surface area contributed by atoms with Gasteiger partial charge >= 0.3 is 0 Å². The molecule has 0 aromatic heterocycles. The van der Waals surface area contributed by atoms with Crippen molar-refractivity contribution in [2.45, 2.75) is 13.8 Å². The summed E-state index contributed by atoms with van der Waals surface area (Å²) in [4.78, 5) is 0. The summed E-state index contributed by atoms with van der Waals surface area (Å²) in [6, 6.07) is 3.78. The predicted octanol–water partition coefficient (Wildman–Crippen LogP) is 3.09. The van der Waals surface area contributed by atoms with E-state index in [0.717, 1.165) is 12.2 Å². The highest BCUT2D eigenvalue weighted by molar-refractivity contribution is 5.62. The number of allylic oxidation sites excluding steroid dienone is 1. The van der Waals surface area contributed by atoms with Crippen molar-refractivity contribution in [3.8, 4) is 17.2 Å². The molecule has 1 N–H and O–H groups in total. The zero-order chi connectivity index (χ0) is 13.5. The van der Waals surface area contributed by atoms with Gasteiger partial charge in [-0.3, -0.25) is 0 Å². The highest BCUT2D eigenvalue weighted by atomic mass is 16.5. The van der Waals surface area contributed by atoms with Gasteiger partial charge < -0.3 is 19.5 Å². The van der Waals surface area contributed by atoms with Gasteiger partial charge in [-0.1, -0.05) is 11.6 Å². The lowest BCUT2D eigenvalue weighted by atomic mass is 10.2. The minimum Gasteiger partial charge on any atom is -0.493 e. The summed E-state index contributed by atoms with van der Waals surface area (Å²) in [5.74, 6) is 1.90. The molecule has 0 fully saturated rings. The zero-order valence-electron chi connectivity index (χ0n) is 11.7. The Morgan fingerprint density at radius 3 is 2.00 bits per heavy atom. The van der Waals surface area contributed by atoms with Gasteiger partial charge in [-0.15, -0.1) is 0 Å². The van der Waals surface area contributed by atoms with Crippen molar-refractivity contribution < 1.29 is 14.2 Å². The Kier molecular flexibility index (Phi) is 5.36. The molecule has 0 amide bonds. The van der Waals surface area contributed by atoms with Crippen molar-refractivity contribution in [1.29, 1.82) is 0 Å². The monoisotopic (exact) mass is 251 g/mol. The number of nitrogens with one attached hydrogen (secondary N) is 1. The molecule has 1 aromatic rings. The smallest absolute Gasteiger partial charge is 0.203 e. The van der Waals surface area contributed by atoms with Crippen molar-refractivity contribution in [2.24, 2.45) is 0 Å². The minimum absolute atomic E-state index is 0.604.